The van der Waals surface area contributed by atoms with Gasteiger partial charge in [-0.15, -0.1) is 11.6 Å². The fourth-order valence-corrected chi connectivity index (χ4v) is 1.12. The number of hydrogen-bond donors (Lipinski definition) is 0. The van der Waals surface area contributed by atoms with Crippen molar-refractivity contribution in [2.45, 2.75) is 31.1 Å². The molecule has 0 N–H and O–H groups in total. The van der Waals surface area contributed by atoms with Gasteiger partial charge in [-0.25, -0.2) is 0 Å². The zero-order chi connectivity index (χ0) is 11.0. The first kappa shape index (κ1) is 13.2. The van der Waals surface area contributed by atoms with Gasteiger partial charge >= 0.3 is 11.9 Å². The maximum Gasteiger partial charge on any atom is 0.305 e. The van der Waals surface area contributed by atoms with E-state index in [4.69, 9.17) is 11.6 Å². The van der Waals surface area contributed by atoms with Gasteiger partial charge in [-0.3, -0.25) is 9.59 Å². The normalized spacial score (nSPS) is 10.0. The Morgan fingerprint density at radius 3 is 1.71 bits per heavy atom. The number of ether oxygens (including phenoxy) is 2. The van der Waals surface area contributed by atoms with Crippen LogP contribution in [0.3, 0.4) is 0 Å². The number of carbonyl (C=O) groups is 2. The largest absolute Gasteiger partial charge is 0.469 e. The van der Waals surface area contributed by atoms with Crippen molar-refractivity contribution in [3.05, 3.63) is 0 Å². The van der Waals surface area contributed by atoms with Crippen LogP contribution in [0.15, 0.2) is 0 Å². The van der Waals surface area contributed by atoms with Gasteiger partial charge in [-0.1, -0.05) is 0 Å². The zero-order valence-electron chi connectivity index (χ0n) is 8.42. The molecule has 14 heavy (non-hydrogen) atoms. The fraction of sp³-hybridized carbons (Fsp3) is 0.778. The van der Waals surface area contributed by atoms with E-state index in [1.807, 2.05) is 0 Å². The molecule has 4 nitrogen and oxygen atoms in total. The summed E-state index contributed by atoms with van der Waals surface area (Å²) in [6.07, 6.45) is 1.61. The summed E-state index contributed by atoms with van der Waals surface area (Å²) >= 11 is 5.87. The SMILES string of the molecule is COC(=O)CCC(Cl)CCC(=O)OC. The predicted octanol–water partition coefficient (Wildman–Crippen LogP) is 1.50. The fourth-order valence-electron chi connectivity index (χ4n) is 0.897. The molecule has 0 saturated heterocycles. The molecule has 82 valence electrons. The molecular weight excluding hydrogens is 208 g/mol. The Morgan fingerprint density at radius 2 is 1.43 bits per heavy atom. The van der Waals surface area contributed by atoms with Gasteiger partial charge < -0.3 is 9.47 Å². The van der Waals surface area contributed by atoms with Gasteiger partial charge in [0.05, 0.1) is 14.2 Å². The van der Waals surface area contributed by atoms with Gasteiger partial charge in [-0.2, -0.15) is 0 Å². The maximum absolute atomic E-state index is 10.7. The third-order valence-electron chi connectivity index (χ3n) is 1.78. The van der Waals surface area contributed by atoms with Crippen molar-refractivity contribution in [2.24, 2.45) is 0 Å². The maximum atomic E-state index is 10.7. The smallest absolute Gasteiger partial charge is 0.305 e. The van der Waals surface area contributed by atoms with E-state index in [1.54, 1.807) is 0 Å². The lowest BCUT2D eigenvalue weighted by atomic mass is 10.1. The first-order valence-electron chi connectivity index (χ1n) is 4.37. The Kier molecular flexibility index (Phi) is 7.20. The molecule has 0 aliphatic carbocycles. The third kappa shape index (κ3) is 6.71. The average molecular weight is 223 g/mol. The van der Waals surface area contributed by atoms with Crippen molar-refractivity contribution in [3.8, 4) is 0 Å². The minimum Gasteiger partial charge on any atom is -0.469 e. The zero-order valence-corrected chi connectivity index (χ0v) is 9.17. The lowest BCUT2D eigenvalue weighted by molar-refractivity contribution is -0.141. The van der Waals surface area contributed by atoms with E-state index < -0.39 is 0 Å². The van der Waals surface area contributed by atoms with Crippen molar-refractivity contribution in [2.75, 3.05) is 14.2 Å². The lowest BCUT2D eigenvalue weighted by Crippen LogP contribution is -2.09. The highest BCUT2D eigenvalue weighted by Gasteiger charge is 2.10. The van der Waals surface area contributed by atoms with Crippen LogP contribution in [-0.2, 0) is 19.1 Å². The van der Waals surface area contributed by atoms with Crippen LogP contribution < -0.4 is 0 Å². The Labute approximate surface area is 88.5 Å². The molecule has 0 amide bonds. The lowest BCUT2D eigenvalue weighted by Gasteiger charge is -2.06. The predicted molar refractivity (Wildman–Crippen MR) is 52.1 cm³/mol. The second-order valence-corrected chi connectivity index (χ2v) is 3.44. The summed E-state index contributed by atoms with van der Waals surface area (Å²) in [5, 5.41) is -0.187. The number of esters is 2. The van der Waals surface area contributed by atoms with Crippen LogP contribution in [0.1, 0.15) is 25.7 Å². The van der Waals surface area contributed by atoms with Crippen molar-refractivity contribution in [3.63, 3.8) is 0 Å². The van der Waals surface area contributed by atoms with E-state index in [1.165, 1.54) is 14.2 Å². The highest BCUT2D eigenvalue weighted by atomic mass is 35.5. The van der Waals surface area contributed by atoms with Crippen LogP contribution >= 0.6 is 11.6 Å². The van der Waals surface area contributed by atoms with Gasteiger partial charge in [0.15, 0.2) is 0 Å². The summed E-state index contributed by atoms with van der Waals surface area (Å²) in [4.78, 5) is 21.5. The molecule has 0 aliphatic heterocycles. The Hall–Kier alpha value is -0.770. The third-order valence-corrected chi connectivity index (χ3v) is 2.22. The van der Waals surface area contributed by atoms with Gasteiger partial charge in [0.1, 0.15) is 0 Å². The molecule has 0 aromatic rings. The number of alkyl halides is 1. The van der Waals surface area contributed by atoms with Crippen LogP contribution in [0.25, 0.3) is 0 Å². The molecule has 0 saturated carbocycles. The minimum atomic E-state index is -0.284. The summed E-state index contributed by atoms with van der Waals surface area (Å²) in [7, 11) is 2.67. The van der Waals surface area contributed by atoms with Gasteiger partial charge in [-0.05, 0) is 12.8 Å². The van der Waals surface area contributed by atoms with E-state index in [2.05, 4.69) is 9.47 Å². The monoisotopic (exact) mass is 222 g/mol. The number of hydrogen-bond acceptors (Lipinski definition) is 4. The molecule has 0 heterocycles. The summed E-state index contributed by atoms with van der Waals surface area (Å²) in [6, 6.07) is 0. The standard InChI is InChI=1S/C9H15ClO4/c1-13-8(11)5-3-7(10)4-6-9(12)14-2/h7H,3-6H2,1-2H3. The molecule has 0 atom stereocenters. The van der Waals surface area contributed by atoms with E-state index in [9.17, 15) is 9.59 Å². The van der Waals surface area contributed by atoms with E-state index in [0.717, 1.165) is 0 Å². The summed E-state index contributed by atoms with van der Waals surface area (Å²) in [5.41, 5.74) is 0. The van der Waals surface area contributed by atoms with Gasteiger partial charge in [0.25, 0.3) is 0 Å². The van der Waals surface area contributed by atoms with Crippen LogP contribution in [0.4, 0.5) is 0 Å². The molecule has 0 spiro atoms. The second-order valence-electron chi connectivity index (χ2n) is 2.83. The first-order chi connectivity index (χ1) is 6.60. The van der Waals surface area contributed by atoms with Crippen LogP contribution in [0.5, 0.6) is 0 Å². The van der Waals surface area contributed by atoms with E-state index in [-0.39, 0.29) is 30.2 Å². The van der Waals surface area contributed by atoms with Crippen molar-refractivity contribution in [1.29, 1.82) is 0 Å². The molecule has 0 aromatic heterocycles. The summed E-state index contributed by atoms with van der Waals surface area (Å²) in [6.45, 7) is 0. The summed E-state index contributed by atoms with van der Waals surface area (Å²) < 4.78 is 8.92. The topological polar surface area (TPSA) is 52.6 Å². The quantitative estimate of drug-likeness (QED) is 0.505. The molecule has 0 rings (SSSR count). The van der Waals surface area contributed by atoms with Crippen molar-refractivity contribution < 1.29 is 19.1 Å². The highest BCUT2D eigenvalue weighted by molar-refractivity contribution is 6.20. The van der Waals surface area contributed by atoms with Gasteiger partial charge in [0.2, 0.25) is 0 Å². The van der Waals surface area contributed by atoms with Crippen molar-refractivity contribution in [1.82, 2.24) is 0 Å². The molecule has 0 bridgehead atoms. The first-order valence-corrected chi connectivity index (χ1v) is 4.81. The van der Waals surface area contributed by atoms with Crippen LogP contribution in [-0.4, -0.2) is 31.5 Å². The molecule has 0 aromatic carbocycles. The number of carbonyl (C=O) groups excluding carboxylic acids is 2. The Balaban J connectivity index is 3.50. The second kappa shape index (κ2) is 7.62. The summed E-state index contributed by atoms with van der Waals surface area (Å²) in [5.74, 6) is -0.567. The Morgan fingerprint density at radius 1 is 1.07 bits per heavy atom. The van der Waals surface area contributed by atoms with Crippen LogP contribution in [0, 0.1) is 0 Å². The molecule has 0 aliphatic rings. The van der Waals surface area contributed by atoms with E-state index in [0.29, 0.717) is 12.8 Å². The molecule has 0 fully saturated rings. The molecular formula is C9H15ClO4. The van der Waals surface area contributed by atoms with Crippen molar-refractivity contribution >= 4 is 23.5 Å². The highest BCUT2D eigenvalue weighted by Crippen LogP contribution is 2.12. The molecule has 0 unspecified atom stereocenters. The number of methoxy groups -OCH3 is 2. The number of rotatable bonds is 6. The average Bonchev–Trinajstić information content (AvgIpc) is 2.22. The molecule has 5 heteroatoms. The minimum absolute atomic E-state index is 0.187. The number of halogens is 1. The Bertz CT molecular complexity index is 173. The van der Waals surface area contributed by atoms with Gasteiger partial charge in [0, 0.05) is 18.2 Å². The van der Waals surface area contributed by atoms with Crippen LogP contribution in [0.2, 0.25) is 0 Å². The van der Waals surface area contributed by atoms with E-state index >= 15 is 0 Å². The molecule has 0 radical (unpaired) electrons.